The molecule has 0 amide bonds. The predicted octanol–water partition coefficient (Wildman–Crippen LogP) is 2.96. The Morgan fingerprint density at radius 1 is 1.21 bits per heavy atom. The number of hydrogen-bond donors (Lipinski definition) is 0. The number of hydrogen-bond acceptors (Lipinski definition) is 1. The van der Waals surface area contributed by atoms with Gasteiger partial charge in [0.1, 0.15) is 0 Å². The third kappa shape index (κ3) is 2.45. The minimum absolute atomic E-state index is 0.247. The van der Waals surface area contributed by atoms with Gasteiger partial charge in [0.05, 0.1) is 0 Å². The molecule has 1 nitrogen and oxygen atoms in total. The van der Waals surface area contributed by atoms with E-state index in [1.54, 1.807) is 0 Å². The van der Waals surface area contributed by atoms with Gasteiger partial charge in [-0.05, 0) is 17.7 Å². The van der Waals surface area contributed by atoms with E-state index < -0.39 is 16.3 Å². The van der Waals surface area contributed by atoms with E-state index in [-0.39, 0.29) is 4.90 Å². The van der Waals surface area contributed by atoms with Crippen LogP contribution < -0.4 is 0 Å². The molecule has 1 unspecified atom stereocenters. The van der Waals surface area contributed by atoms with Crippen molar-refractivity contribution in [1.82, 2.24) is 0 Å². The Morgan fingerprint density at radius 2 is 1.71 bits per heavy atom. The van der Waals surface area contributed by atoms with Gasteiger partial charge in [0.25, 0.3) is 0 Å². The maximum atomic E-state index is 12.0. The van der Waals surface area contributed by atoms with Crippen LogP contribution in [0.5, 0.6) is 0 Å². The fraction of sp³-hybridized carbons (Fsp3) is 0.111. The molecule has 1 atom stereocenters. The van der Waals surface area contributed by atoms with Crippen LogP contribution in [0.25, 0.3) is 6.08 Å². The van der Waals surface area contributed by atoms with Crippen molar-refractivity contribution in [2.75, 3.05) is 0 Å². The number of rotatable bonds is 2. The molecular weight excluding hydrogens is 213 g/mol. The highest BCUT2D eigenvalue weighted by Gasteiger charge is 2.37. The van der Waals surface area contributed by atoms with Crippen LogP contribution in [0.2, 0.25) is 0 Å². The summed E-state index contributed by atoms with van der Waals surface area (Å²) in [6.07, 6.45) is 1.50. The van der Waals surface area contributed by atoms with Gasteiger partial charge in [-0.25, -0.2) is 4.21 Å². The molecular formula is C9H7F3OS. The normalized spacial score (nSPS) is 13.6. The molecule has 0 N–H and O–H groups in total. The van der Waals surface area contributed by atoms with E-state index >= 15 is 0 Å². The average molecular weight is 220 g/mol. The van der Waals surface area contributed by atoms with Crippen molar-refractivity contribution in [3.63, 3.8) is 0 Å². The Labute approximate surface area is 81.7 Å². The summed E-state index contributed by atoms with van der Waals surface area (Å²) < 4.78 is 46.8. The lowest BCUT2D eigenvalue weighted by atomic mass is 10.2. The first-order chi connectivity index (χ1) is 6.45. The summed E-state index contributed by atoms with van der Waals surface area (Å²) in [7, 11) is -2.95. The monoisotopic (exact) mass is 220 g/mol. The lowest BCUT2D eigenvalue weighted by molar-refractivity contribution is -0.0384. The summed E-state index contributed by atoms with van der Waals surface area (Å²) >= 11 is 0. The van der Waals surface area contributed by atoms with Gasteiger partial charge in [-0.15, -0.1) is 0 Å². The Hall–Kier alpha value is -1.10. The van der Waals surface area contributed by atoms with Crippen molar-refractivity contribution in [3.05, 3.63) is 36.4 Å². The van der Waals surface area contributed by atoms with E-state index in [0.717, 1.165) is 0 Å². The summed E-state index contributed by atoms with van der Waals surface area (Å²) in [4.78, 5) is -0.247. The quantitative estimate of drug-likeness (QED) is 0.748. The lowest BCUT2D eigenvalue weighted by Crippen LogP contribution is -2.16. The topological polar surface area (TPSA) is 17.1 Å². The molecule has 1 aromatic rings. The van der Waals surface area contributed by atoms with Gasteiger partial charge in [0.15, 0.2) is 10.8 Å². The highest BCUT2D eigenvalue weighted by molar-refractivity contribution is 7.86. The van der Waals surface area contributed by atoms with E-state index in [9.17, 15) is 17.4 Å². The Morgan fingerprint density at radius 3 is 2.07 bits per heavy atom. The molecule has 0 saturated heterocycles. The second kappa shape index (κ2) is 3.96. The molecule has 0 aliphatic carbocycles. The van der Waals surface area contributed by atoms with Gasteiger partial charge in [-0.3, -0.25) is 0 Å². The van der Waals surface area contributed by atoms with Crippen molar-refractivity contribution >= 4 is 16.9 Å². The summed E-state index contributed by atoms with van der Waals surface area (Å²) in [6, 6.07) is 5.24. The van der Waals surface area contributed by atoms with Crippen LogP contribution >= 0.6 is 0 Å². The maximum absolute atomic E-state index is 12.0. The van der Waals surface area contributed by atoms with E-state index in [4.69, 9.17) is 0 Å². The minimum Gasteiger partial charge on any atom is -0.245 e. The van der Waals surface area contributed by atoms with Gasteiger partial charge >= 0.3 is 5.51 Å². The summed E-state index contributed by atoms with van der Waals surface area (Å²) in [5.74, 6) is 0. The Bertz CT molecular complexity index is 353. The third-order valence-corrected chi connectivity index (χ3v) is 2.66. The first-order valence-electron chi connectivity index (χ1n) is 3.66. The largest absolute Gasteiger partial charge is 0.475 e. The van der Waals surface area contributed by atoms with Crippen LogP contribution in [-0.4, -0.2) is 9.72 Å². The number of alkyl halides is 3. The van der Waals surface area contributed by atoms with E-state index in [1.807, 2.05) is 0 Å². The summed E-state index contributed by atoms with van der Waals surface area (Å²) in [5.41, 5.74) is -4.01. The van der Waals surface area contributed by atoms with E-state index in [1.165, 1.54) is 30.3 Å². The zero-order chi connectivity index (χ0) is 10.8. The smallest absolute Gasteiger partial charge is 0.245 e. The summed E-state index contributed by atoms with van der Waals surface area (Å²) in [5, 5.41) is 0. The van der Waals surface area contributed by atoms with Crippen molar-refractivity contribution in [3.8, 4) is 0 Å². The first-order valence-corrected chi connectivity index (χ1v) is 4.81. The predicted molar refractivity (Wildman–Crippen MR) is 49.0 cm³/mol. The second-order valence-corrected chi connectivity index (χ2v) is 3.96. The molecule has 0 bridgehead atoms. The number of benzene rings is 1. The van der Waals surface area contributed by atoms with Crippen molar-refractivity contribution < 1.29 is 17.4 Å². The highest BCUT2D eigenvalue weighted by atomic mass is 32.2. The Balaban J connectivity index is 2.98. The molecule has 0 aliphatic heterocycles. The summed E-state index contributed by atoms with van der Waals surface area (Å²) in [6.45, 7) is 3.46. The van der Waals surface area contributed by atoms with Crippen LogP contribution in [0.1, 0.15) is 5.56 Å². The van der Waals surface area contributed by atoms with Gasteiger partial charge < -0.3 is 0 Å². The zero-order valence-electron chi connectivity index (χ0n) is 7.04. The molecule has 0 saturated carbocycles. The van der Waals surface area contributed by atoms with Gasteiger partial charge in [-0.1, -0.05) is 24.8 Å². The molecule has 0 fully saturated rings. The van der Waals surface area contributed by atoms with Crippen LogP contribution in [0.15, 0.2) is 35.7 Å². The number of halogens is 3. The fourth-order valence-corrected chi connectivity index (χ4v) is 1.51. The van der Waals surface area contributed by atoms with Crippen molar-refractivity contribution in [2.24, 2.45) is 0 Å². The van der Waals surface area contributed by atoms with E-state index in [0.29, 0.717) is 5.56 Å². The zero-order valence-corrected chi connectivity index (χ0v) is 7.86. The second-order valence-electron chi connectivity index (χ2n) is 2.49. The molecule has 1 aromatic carbocycles. The molecule has 0 spiro atoms. The molecule has 76 valence electrons. The molecule has 0 aliphatic rings. The first kappa shape index (κ1) is 11.0. The van der Waals surface area contributed by atoms with Gasteiger partial charge in [-0.2, -0.15) is 13.2 Å². The van der Waals surface area contributed by atoms with Crippen molar-refractivity contribution in [2.45, 2.75) is 10.4 Å². The molecule has 0 radical (unpaired) electrons. The lowest BCUT2D eigenvalue weighted by Gasteiger charge is -2.05. The molecule has 0 heterocycles. The fourth-order valence-electron chi connectivity index (χ4n) is 0.861. The third-order valence-electron chi connectivity index (χ3n) is 1.54. The average Bonchev–Trinajstić information content (AvgIpc) is 2.15. The highest BCUT2D eigenvalue weighted by Crippen LogP contribution is 2.26. The van der Waals surface area contributed by atoms with Gasteiger partial charge in [0, 0.05) is 4.90 Å². The van der Waals surface area contributed by atoms with Crippen LogP contribution in [0.4, 0.5) is 13.2 Å². The van der Waals surface area contributed by atoms with Crippen molar-refractivity contribution in [1.29, 1.82) is 0 Å². The van der Waals surface area contributed by atoms with Crippen LogP contribution in [-0.2, 0) is 10.8 Å². The molecule has 14 heavy (non-hydrogen) atoms. The van der Waals surface area contributed by atoms with Crippen LogP contribution in [0, 0.1) is 0 Å². The SMILES string of the molecule is C=Cc1ccc(S(=O)C(F)(F)F)cc1. The molecule has 1 rings (SSSR count). The minimum atomic E-state index is -4.70. The maximum Gasteiger partial charge on any atom is 0.475 e. The standard InChI is InChI=1S/C9H7F3OS/c1-2-7-3-5-8(6-4-7)14(13)9(10,11)12/h2-6H,1H2. The van der Waals surface area contributed by atoms with Gasteiger partial charge in [0.2, 0.25) is 0 Å². The molecule has 0 aromatic heterocycles. The van der Waals surface area contributed by atoms with Crippen LogP contribution in [0.3, 0.4) is 0 Å². The Kier molecular flexibility index (Phi) is 3.10. The van der Waals surface area contributed by atoms with E-state index in [2.05, 4.69) is 6.58 Å². The molecule has 5 heteroatoms.